The zero-order valence-corrected chi connectivity index (χ0v) is 53.4. The number of carboxylic acid groups (broad SMARTS) is 1. The largest absolute Gasteiger partial charge is 0.545 e. The van der Waals surface area contributed by atoms with Crippen molar-refractivity contribution < 1.29 is 42.9 Å². The number of hydrogen-bond donors (Lipinski definition) is 0. The molecule has 0 radical (unpaired) electrons. The van der Waals surface area contributed by atoms with E-state index in [2.05, 4.69) is 98.9 Å². The predicted molar refractivity (Wildman–Crippen MR) is 343 cm³/mol. The van der Waals surface area contributed by atoms with Crippen molar-refractivity contribution in [2.75, 3.05) is 47.5 Å². The molecule has 0 heterocycles. The van der Waals surface area contributed by atoms with Crippen molar-refractivity contribution >= 4 is 17.9 Å². The third-order valence-corrected chi connectivity index (χ3v) is 14.6. The molecular formula is C72H127NO8. The summed E-state index contributed by atoms with van der Waals surface area (Å²) in [5.74, 6) is -2.28. The van der Waals surface area contributed by atoms with Crippen LogP contribution in [0.3, 0.4) is 0 Å². The Hall–Kier alpha value is -3.53. The zero-order valence-electron chi connectivity index (χ0n) is 53.4. The van der Waals surface area contributed by atoms with Crippen molar-refractivity contribution in [3.05, 3.63) is 85.1 Å². The average Bonchev–Trinajstić information content (AvgIpc) is 3.44. The number of ether oxygens (including phenoxy) is 4. The van der Waals surface area contributed by atoms with Gasteiger partial charge in [-0.25, -0.2) is 0 Å². The first-order chi connectivity index (χ1) is 39.6. The normalized spacial score (nSPS) is 13.2. The highest BCUT2D eigenvalue weighted by molar-refractivity contribution is 5.70. The van der Waals surface area contributed by atoms with Gasteiger partial charge in [-0.15, -0.1) is 0 Å². The standard InChI is InChI=1S/C72H127NO8/c1-6-8-10-12-14-16-18-20-22-24-25-26-27-28-29-30-31-32-33-34-35-36-37-38-39-40-41-42-43-44-45-47-49-51-53-55-57-59-61-63-70(75)81-68(67-80-72(71(76)77)78-65-64-73(3,4)5)66-79-69(74)62-60-58-56-54-52-50-48-46-23-21-19-17-15-13-11-9-7-2/h8,10,14,16,20-23,25-26,28-29,31-32,68,72H,6-7,9,11-13,15,17-19,24,27,30,33-67H2,1-5H3/b10-8-,16-14-,22-20-,23-21-,26-25-,29-28-,32-31-. The van der Waals surface area contributed by atoms with Gasteiger partial charge in [0.15, 0.2) is 12.4 Å². The molecular weight excluding hydrogens is 1010 g/mol. The Bertz CT molecular complexity index is 1600. The number of carbonyl (C=O) groups excluding carboxylic acids is 3. The van der Waals surface area contributed by atoms with E-state index in [9.17, 15) is 19.5 Å². The topological polar surface area (TPSA) is 111 Å². The van der Waals surface area contributed by atoms with E-state index in [0.29, 0.717) is 17.4 Å². The summed E-state index contributed by atoms with van der Waals surface area (Å²) in [6.45, 7) is 4.65. The molecule has 9 heteroatoms. The number of carbonyl (C=O) groups is 3. The lowest BCUT2D eigenvalue weighted by Gasteiger charge is -2.26. The number of hydrogen-bond acceptors (Lipinski definition) is 8. The van der Waals surface area contributed by atoms with Gasteiger partial charge in [0.1, 0.15) is 13.2 Å². The van der Waals surface area contributed by atoms with Crippen LogP contribution in [0.25, 0.3) is 0 Å². The number of rotatable bonds is 62. The third kappa shape index (κ3) is 63.9. The maximum absolute atomic E-state index is 12.9. The highest BCUT2D eigenvalue weighted by atomic mass is 16.7. The first-order valence-electron chi connectivity index (χ1n) is 33.7. The van der Waals surface area contributed by atoms with E-state index in [1.54, 1.807) is 0 Å². The molecule has 0 bridgehead atoms. The van der Waals surface area contributed by atoms with Crippen molar-refractivity contribution in [1.29, 1.82) is 0 Å². The van der Waals surface area contributed by atoms with E-state index in [4.69, 9.17) is 18.9 Å². The van der Waals surface area contributed by atoms with Gasteiger partial charge in [0, 0.05) is 12.8 Å². The van der Waals surface area contributed by atoms with Gasteiger partial charge in [0.25, 0.3) is 0 Å². The van der Waals surface area contributed by atoms with Crippen LogP contribution in [0, 0.1) is 0 Å². The Labute approximate surface area is 500 Å². The molecule has 81 heavy (non-hydrogen) atoms. The van der Waals surface area contributed by atoms with Crippen LogP contribution >= 0.6 is 0 Å². The monoisotopic (exact) mass is 1130 g/mol. The van der Waals surface area contributed by atoms with Gasteiger partial charge in [-0.05, 0) is 89.9 Å². The molecule has 9 nitrogen and oxygen atoms in total. The van der Waals surface area contributed by atoms with Crippen molar-refractivity contribution in [2.24, 2.45) is 0 Å². The van der Waals surface area contributed by atoms with Crippen LogP contribution in [0.15, 0.2) is 85.1 Å². The van der Waals surface area contributed by atoms with Crippen LogP contribution in [0.4, 0.5) is 0 Å². The smallest absolute Gasteiger partial charge is 0.306 e. The van der Waals surface area contributed by atoms with Gasteiger partial charge in [0.2, 0.25) is 0 Å². The lowest BCUT2D eigenvalue weighted by atomic mass is 10.0. The van der Waals surface area contributed by atoms with Gasteiger partial charge in [-0.2, -0.15) is 0 Å². The molecule has 2 unspecified atom stereocenters. The summed E-state index contributed by atoms with van der Waals surface area (Å²) in [6, 6.07) is 0. The SMILES string of the molecule is CC/C=C\C/C=C\C/C=C\C/C=C\C/C=C\C/C=C\CCCCCCCCCCCCCCCCCCCCCCC(=O)OC(COC(=O)CCCCCCCCC/C=C\CCCCCCCC)COC(OCC[N+](C)(C)C)C(=O)[O-]. The molecule has 0 aromatic heterocycles. The van der Waals surface area contributed by atoms with E-state index in [1.807, 2.05) is 21.1 Å². The third-order valence-electron chi connectivity index (χ3n) is 14.6. The van der Waals surface area contributed by atoms with Gasteiger partial charge >= 0.3 is 11.9 Å². The van der Waals surface area contributed by atoms with E-state index in [1.165, 1.54) is 186 Å². The molecule has 0 saturated heterocycles. The van der Waals surface area contributed by atoms with Gasteiger partial charge in [-0.1, -0.05) is 279 Å². The summed E-state index contributed by atoms with van der Waals surface area (Å²) in [4.78, 5) is 37.4. The molecule has 2 atom stereocenters. The van der Waals surface area contributed by atoms with Gasteiger partial charge in [-0.3, -0.25) is 9.59 Å². The van der Waals surface area contributed by atoms with Gasteiger partial charge < -0.3 is 33.3 Å². The molecule has 468 valence electrons. The summed E-state index contributed by atoms with van der Waals surface area (Å²) in [5.41, 5.74) is 0. The molecule has 0 fully saturated rings. The summed E-state index contributed by atoms with van der Waals surface area (Å²) in [6.07, 6.45) is 80.9. The molecule has 0 aliphatic heterocycles. The van der Waals surface area contributed by atoms with E-state index >= 15 is 0 Å². The number of unbranched alkanes of at least 4 members (excludes halogenated alkanes) is 33. The highest BCUT2D eigenvalue weighted by Crippen LogP contribution is 2.17. The Morgan fingerprint density at radius 3 is 1.06 bits per heavy atom. The second-order valence-corrected chi connectivity index (χ2v) is 23.7. The minimum absolute atomic E-state index is 0.147. The first kappa shape index (κ1) is 77.5. The first-order valence-corrected chi connectivity index (χ1v) is 33.7. The van der Waals surface area contributed by atoms with Crippen LogP contribution < -0.4 is 5.11 Å². The molecule has 0 rings (SSSR count). The Morgan fingerprint density at radius 2 is 0.704 bits per heavy atom. The van der Waals surface area contributed by atoms with Crippen molar-refractivity contribution in [3.8, 4) is 0 Å². The molecule has 0 saturated carbocycles. The fourth-order valence-corrected chi connectivity index (χ4v) is 9.48. The maximum Gasteiger partial charge on any atom is 0.306 e. The lowest BCUT2D eigenvalue weighted by Crippen LogP contribution is -2.44. The predicted octanol–water partition coefficient (Wildman–Crippen LogP) is 19.4. The summed E-state index contributed by atoms with van der Waals surface area (Å²) in [7, 11) is 5.93. The van der Waals surface area contributed by atoms with Crippen LogP contribution in [0.5, 0.6) is 0 Å². The lowest BCUT2D eigenvalue weighted by molar-refractivity contribution is -0.870. The number of quaternary nitrogens is 1. The number of allylic oxidation sites excluding steroid dienone is 14. The second-order valence-electron chi connectivity index (χ2n) is 23.7. The number of carboxylic acids is 1. The quantitative estimate of drug-likeness (QED) is 0.0195. The van der Waals surface area contributed by atoms with Crippen LogP contribution in [-0.4, -0.2) is 82.3 Å². The Balaban J connectivity index is 4.02. The van der Waals surface area contributed by atoms with Gasteiger partial charge in [0.05, 0.1) is 40.3 Å². The summed E-state index contributed by atoms with van der Waals surface area (Å²) < 4.78 is 22.8. The van der Waals surface area contributed by atoms with Crippen LogP contribution in [-0.2, 0) is 33.3 Å². The second kappa shape index (κ2) is 62.5. The van der Waals surface area contributed by atoms with E-state index in [-0.39, 0.29) is 38.6 Å². The minimum atomic E-state index is -1.62. The minimum Gasteiger partial charge on any atom is -0.545 e. The van der Waals surface area contributed by atoms with Crippen molar-refractivity contribution in [2.45, 2.75) is 309 Å². The molecule has 0 N–H and O–H groups in total. The number of likely N-dealkylation sites (N-methyl/N-ethyl adjacent to an activating group) is 1. The van der Waals surface area contributed by atoms with E-state index in [0.717, 1.165) is 77.0 Å². The van der Waals surface area contributed by atoms with Crippen molar-refractivity contribution in [3.63, 3.8) is 0 Å². The molecule has 0 aliphatic rings. The zero-order chi connectivity index (χ0) is 59.1. The fourth-order valence-electron chi connectivity index (χ4n) is 9.48. The van der Waals surface area contributed by atoms with E-state index < -0.39 is 24.3 Å². The average molecular weight is 1130 g/mol. The number of nitrogens with zero attached hydrogens (tertiary/aromatic N) is 1. The Kier molecular flexibility index (Phi) is 59.8. The van der Waals surface area contributed by atoms with Crippen LogP contribution in [0.2, 0.25) is 0 Å². The molecule has 0 spiro atoms. The number of esters is 2. The molecule has 0 aliphatic carbocycles. The molecule has 0 aromatic carbocycles. The summed E-state index contributed by atoms with van der Waals surface area (Å²) in [5, 5.41) is 11.8. The molecule has 0 aromatic rings. The van der Waals surface area contributed by atoms with Crippen LogP contribution in [0.1, 0.15) is 296 Å². The maximum atomic E-state index is 12.9. The molecule has 0 amide bonds. The Morgan fingerprint density at radius 1 is 0.383 bits per heavy atom. The van der Waals surface area contributed by atoms with Crippen molar-refractivity contribution in [1.82, 2.24) is 0 Å². The highest BCUT2D eigenvalue weighted by Gasteiger charge is 2.22. The fraction of sp³-hybridized carbons (Fsp3) is 0.764. The number of aliphatic carboxylic acids is 1. The summed E-state index contributed by atoms with van der Waals surface area (Å²) >= 11 is 0.